The molecule has 5 nitrogen and oxygen atoms in total. The molecule has 0 bridgehead atoms. The first-order valence-electron chi connectivity index (χ1n) is 11.1. The van der Waals surface area contributed by atoms with Crippen LogP contribution in [0.3, 0.4) is 0 Å². The van der Waals surface area contributed by atoms with Crippen molar-refractivity contribution >= 4 is 11.0 Å². The maximum absolute atomic E-state index is 5.63. The van der Waals surface area contributed by atoms with E-state index in [2.05, 4.69) is 64.2 Å². The van der Waals surface area contributed by atoms with E-state index in [9.17, 15) is 0 Å². The van der Waals surface area contributed by atoms with Crippen LogP contribution in [-0.2, 0) is 13.1 Å². The van der Waals surface area contributed by atoms with Gasteiger partial charge in [-0.25, -0.2) is 4.98 Å². The number of nitrogens with zero attached hydrogens (tertiary/aromatic N) is 3. The number of hydrogen-bond acceptors (Lipinski definition) is 4. The number of fused-ring (bicyclic) bond motifs is 1. The molecule has 30 heavy (non-hydrogen) atoms. The summed E-state index contributed by atoms with van der Waals surface area (Å²) in [6, 6.07) is 12.6. The summed E-state index contributed by atoms with van der Waals surface area (Å²) >= 11 is 0. The van der Waals surface area contributed by atoms with E-state index in [1.807, 2.05) is 12.3 Å². The fraction of sp³-hybridized carbons (Fsp3) is 0.480. The zero-order valence-electron chi connectivity index (χ0n) is 18.5. The third kappa shape index (κ3) is 4.68. The van der Waals surface area contributed by atoms with Crippen LogP contribution >= 0.6 is 0 Å². The van der Waals surface area contributed by atoms with Crippen LogP contribution in [0.1, 0.15) is 48.4 Å². The van der Waals surface area contributed by atoms with E-state index in [1.165, 1.54) is 47.9 Å². The fourth-order valence-electron chi connectivity index (χ4n) is 4.68. The summed E-state index contributed by atoms with van der Waals surface area (Å²) < 4.78 is 5.63. The van der Waals surface area contributed by atoms with Crippen molar-refractivity contribution in [1.29, 1.82) is 0 Å². The highest BCUT2D eigenvalue weighted by Gasteiger charge is 2.25. The molecule has 1 aliphatic rings. The van der Waals surface area contributed by atoms with E-state index in [1.54, 1.807) is 7.11 Å². The molecular formula is C25H34N4O. The molecular weight excluding hydrogens is 372 g/mol. The van der Waals surface area contributed by atoms with Crippen molar-refractivity contribution in [1.82, 2.24) is 19.8 Å². The average molecular weight is 407 g/mol. The number of hydrogen-bond donors (Lipinski definition) is 1. The summed E-state index contributed by atoms with van der Waals surface area (Å²) in [4.78, 5) is 13.1. The minimum Gasteiger partial charge on any atom is -0.496 e. The Morgan fingerprint density at radius 2 is 1.83 bits per heavy atom. The molecule has 1 fully saturated rings. The standard InChI is InChI=1S/C25H34N4O/c1-28(2)15-16-29(17-20-11-6-7-13-23(20)30-3)18-22-21-12-8-14-26-25(21)27-24(22)19-9-4-5-10-19/h6-8,11-14,19H,4-5,9-10,15-18H2,1-3H3,(H,26,27). The number of benzene rings is 1. The molecule has 5 heteroatoms. The zero-order chi connectivity index (χ0) is 20.9. The summed E-state index contributed by atoms with van der Waals surface area (Å²) in [5.41, 5.74) is 5.10. The highest BCUT2D eigenvalue weighted by Crippen LogP contribution is 2.38. The van der Waals surface area contributed by atoms with Crippen LogP contribution in [0.25, 0.3) is 11.0 Å². The maximum Gasteiger partial charge on any atom is 0.137 e. The van der Waals surface area contributed by atoms with Crippen molar-refractivity contribution in [3.8, 4) is 5.75 Å². The van der Waals surface area contributed by atoms with Crippen LogP contribution in [-0.4, -0.2) is 54.1 Å². The van der Waals surface area contributed by atoms with Gasteiger partial charge in [0.1, 0.15) is 11.4 Å². The molecule has 160 valence electrons. The number of likely N-dealkylation sites (N-methyl/N-ethyl adjacent to an activating group) is 1. The topological polar surface area (TPSA) is 44.4 Å². The maximum atomic E-state index is 5.63. The molecule has 2 heterocycles. The molecule has 1 aromatic carbocycles. The van der Waals surface area contributed by atoms with Crippen molar-refractivity contribution in [3.05, 3.63) is 59.4 Å². The lowest BCUT2D eigenvalue weighted by molar-refractivity contribution is 0.223. The lowest BCUT2D eigenvalue weighted by Crippen LogP contribution is -2.31. The molecule has 0 aliphatic heterocycles. The Hall–Kier alpha value is -2.37. The molecule has 0 radical (unpaired) electrons. The summed E-state index contributed by atoms with van der Waals surface area (Å²) in [5, 5.41) is 1.27. The van der Waals surface area contributed by atoms with Crippen LogP contribution in [0, 0.1) is 0 Å². The number of rotatable bonds is 9. The fourth-order valence-corrected chi connectivity index (χ4v) is 4.68. The lowest BCUT2D eigenvalue weighted by atomic mass is 9.98. The van der Waals surface area contributed by atoms with Gasteiger partial charge in [-0.3, -0.25) is 4.90 Å². The number of ether oxygens (including phenoxy) is 1. The minimum absolute atomic E-state index is 0.635. The van der Waals surface area contributed by atoms with E-state index < -0.39 is 0 Å². The Morgan fingerprint density at radius 1 is 1.03 bits per heavy atom. The van der Waals surface area contributed by atoms with Gasteiger partial charge < -0.3 is 14.6 Å². The van der Waals surface area contributed by atoms with E-state index in [0.29, 0.717) is 5.92 Å². The van der Waals surface area contributed by atoms with Gasteiger partial charge in [0, 0.05) is 49.0 Å². The Kier molecular flexibility index (Phi) is 6.70. The first-order valence-corrected chi connectivity index (χ1v) is 11.1. The molecule has 1 N–H and O–H groups in total. The summed E-state index contributed by atoms with van der Waals surface area (Å²) in [6.07, 6.45) is 7.12. The molecule has 4 rings (SSSR count). The SMILES string of the molecule is COc1ccccc1CN(CCN(C)C)Cc1c(C2CCCC2)[nH]c2ncccc12. The molecule has 0 atom stereocenters. The lowest BCUT2D eigenvalue weighted by Gasteiger charge is -2.26. The summed E-state index contributed by atoms with van der Waals surface area (Å²) in [6.45, 7) is 3.81. The molecule has 0 amide bonds. The normalized spacial score (nSPS) is 15.0. The second kappa shape index (κ2) is 9.63. The average Bonchev–Trinajstić information content (AvgIpc) is 3.40. The number of para-hydroxylation sites is 1. The highest BCUT2D eigenvalue weighted by atomic mass is 16.5. The predicted molar refractivity (Wildman–Crippen MR) is 123 cm³/mol. The third-order valence-corrected chi connectivity index (χ3v) is 6.31. The Labute approximate surface area is 180 Å². The first kappa shape index (κ1) is 20.9. The van der Waals surface area contributed by atoms with E-state index in [4.69, 9.17) is 4.74 Å². The number of aromatic nitrogens is 2. The molecule has 0 spiro atoms. The molecule has 2 aromatic heterocycles. The smallest absolute Gasteiger partial charge is 0.137 e. The van der Waals surface area contributed by atoms with Gasteiger partial charge in [-0.15, -0.1) is 0 Å². The van der Waals surface area contributed by atoms with Crippen molar-refractivity contribution in [3.63, 3.8) is 0 Å². The number of nitrogens with one attached hydrogen (secondary N) is 1. The highest BCUT2D eigenvalue weighted by molar-refractivity contribution is 5.81. The van der Waals surface area contributed by atoms with Crippen LogP contribution < -0.4 is 4.74 Å². The van der Waals surface area contributed by atoms with E-state index in [0.717, 1.165) is 37.6 Å². The zero-order valence-corrected chi connectivity index (χ0v) is 18.5. The van der Waals surface area contributed by atoms with E-state index in [-0.39, 0.29) is 0 Å². The van der Waals surface area contributed by atoms with Gasteiger partial charge >= 0.3 is 0 Å². The Balaban J connectivity index is 1.66. The number of methoxy groups -OCH3 is 1. The van der Waals surface area contributed by atoms with Gasteiger partial charge in [0.15, 0.2) is 0 Å². The minimum atomic E-state index is 0.635. The third-order valence-electron chi connectivity index (χ3n) is 6.31. The van der Waals surface area contributed by atoms with Crippen molar-refractivity contribution in [2.75, 3.05) is 34.3 Å². The molecule has 1 aliphatic carbocycles. The first-order chi connectivity index (χ1) is 14.7. The molecule has 3 aromatic rings. The molecule has 0 saturated heterocycles. The quantitative estimate of drug-likeness (QED) is 0.555. The van der Waals surface area contributed by atoms with Crippen molar-refractivity contribution < 1.29 is 4.74 Å². The predicted octanol–water partition coefficient (Wildman–Crippen LogP) is 4.79. The Morgan fingerprint density at radius 3 is 2.60 bits per heavy atom. The second-order valence-corrected chi connectivity index (χ2v) is 8.72. The van der Waals surface area contributed by atoms with Gasteiger partial charge in [-0.1, -0.05) is 31.0 Å². The van der Waals surface area contributed by atoms with Gasteiger partial charge in [0.05, 0.1) is 7.11 Å². The van der Waals surface area contributed by atoms with Crippen molar-refractivity contribution in [2.24, 2.45) is 0 Å². The Bertz CT molecular complexity index is 959. The van der Waals surface area contributed by atoms with Gasteiger partial charge in [-0.2, -0.15) is 0 Å². The molecule has 0 unspecified atom stereocenters. The van der Waals surface area contributed by atoms with Crippen molar-refractivity contribution in [2.45, 2.75) is 44.7 Å². The summed E-state index contributed by atoms with van der Waals surface area (Å²) in [7, 11) is 6.04. The number of H-pyrrole nitrogens is 1. The monoisotopic (exact) mass is 406 g/mol. The number of pyridine rings is 1. The van der Waals surface area contributed by atoms with Crippen LogP contribution in [0.15, 0.2) is 42.6 Å². The largest absolute Gasteiger partial charge is 0.496 e. The van der Waals surface area contributed by atoms with Crippen LogP contribution in [0.2, 0.25) is 0 Å². The van der Waals surface area contributed by atoms with Crippen LogP contribution in [0.5, 0.6) is 5.75 Å². The van der Waals surface area contributed by atoms with Gasteiger partial charge in [-0.05, 0) is 56.6 Å². The second-order valence-electron chi connectivity index (χ2n) is 8.72. The van der Waals surface area contributed by atoms with E-state index >= 15 is 0 Å². The van der Waals surface area contributed by atoms with Crippen LogP contribution in [0.4, 0.5) is 0 Å². The van der Waals surface area contributed by atoms with Gasteiger partial charge in [0.25, 0.3) is 0 Å². The number of aromatic amines is 1. The molecule has 1 saturated carbocycles. The summed E-state index contributed by atoms with van der Waals surface area (Å²) in [5.74, 6) is 1.60. The van der Waals surface area contributed by atoms with Gasteiger partial charge in [0.2, 0.25) is 0 Å².